The minimum absolute atomic E-state index is 0.0526. The van der Waals surface area contributed by atoms with Crippen LogP contribution in [0.3, 0.4) is 0 Å². The smallest absolute Gasteiger partial charge is 0.248 e. The fraction of sp³-hybridized carbons (Fsp3) is 0.385. The maximum Gasteiger partial charge on any atom is 0.248 e. The summed E-state index contributed by atoms with van der Waals surface area (Å²) in [6, 6.07) is 3.53. The Morgan fingerprint density at radius 1 is 1.50 bits per heavy atom. The zero-order valence-electron chi connectivity index (χ0n) is 10.5. The topological polar surface area (TPSA) is 62.7 Å². The van der Waals surface area contributed by atoms with E-state index in [0.717, 1.165) is 37.3 Å². The number of aromatic nitrogens is 3. The Kier molecular flexibility index (Phi) is 4.30. The Labute approximate surface area is 106 Å². The summed E-state index contributed by atoms with van der Waals surface area (Å²) in [6.07, 6.45) is 6.61. The van der Waals surface area contributed by atoms with Crippen molar-refractivity contribution in [3.05, 3.63) is 52.5 Å². The van der Waals surface area contributed by atoms with Gasteiger partial charge in [0.05, 0.1) is 12.0 Å². The SMILES string of the molecule is Cc1cn(CCCNCc2cc[nH]c(=O)c2)cn1. The van der Waals surface area contributed by atoms with Gasteiger partial charge in [0, 0.05) is 31.5 Å². The molecule has 0 saturated heterocycles. The summed E-state index contributed by atoms with van der Waals surface area (Å²) in [4.78, 5) is 17.9. The van der Waals surface area contributed by atoms with Gasteiger partial charge in [0.1, 0.15) is 0 Å². The standard InChI is InChI=1S/C13H18N4O/c1-11-9-17(10-16-11)6-2-4-14-8-12-3-5-15-13(18)7-12/h3,5,7,9-10,14H,2,4,6,8H2,1H3,(H,15,18). The van der Waals surface area contributed by atoms with Gasteiger partial charge in [-0.2, -0.15) is 0 Å². The van der Waals surface area contributed by atoms with Crippen molar-refractivity contribution in [3.63, 3.8) is 0 Å². The molecule has 0 aromatic carbocycles. The molecule has 5 nitrogen and oxygen atoms in total. The monoisotopic (exact) mass is 246 g/mol. The first-order chi connectivity index (χ1) is 8.74. The third-order valence-corrected chi connectivity index (χ3v) is 2.70. The highest BCUT2D eigenvalue weighted by Crippen LogP contribution is 1.96. The van der Waals surface area contributed by atoms with Crippen molar-refractivity contribution in [2.24, 2.45) is 0 Å². The summed E-state index contributed by atoms with van der Waals surface area (Å²) < 4.78 is 2.09. The van der Waals surface area contributed by atoms with Crippen LogP contribution in [-0.2, 0) is 13.1 Å². The average Bonchev–Trinajstić information content (AvgIpc) is 2.75. The third kappa shape index (κ3) is 3.85. The average molecular weight is 246 g/mol. The molecule has 0 aliphatic heterocycles. The van der Waals surface area contributed by atoms with Crippen molar-refractivity contribution in [3.8, 4) is 0 Å². The van der Waals surface area contributed by atoms with Crippen LogP contribution in [-0.4, -0.2) is 21.1 Å². The fourth-order valence-electron chi connectivity index (χ4n) is 1.81. The Morgan fingerprint density at radius 3 is 3.11 bits per heavy atom. The minimum atomic E-state index is -0.0526. The molecule has 96 valence electrons. The van der Waals surface area contributed by atoms with Crippen LogP contribution in [0.2, 0.25) is 0 Å². The van der Waals surface area contributed by atoms with E-state index in [0.29, 0.717) is 0 Å². The molecule has 2 rings (SSSR count). The quantitative estimate of drug-likeness (QED) is 0.749. The molecular weight excluding hydrogens is 228 g/mol. The molecule has 0 unspecified atom stereocenters. The molecule has 0 saturated carbocycles. The van der Waals surface area contributed by atoms with Crippen LogP contribution in [0.15, 0.2) is 35.6 Å². The van der Waals surface area contributed by atoms with Crippen molar-refractivity contribution in [2.45, 2.75) is 26.4 Å². The highest BCUT2D eigenvalue weighted by molar-refractivity contribution is 5.09. The second kappa shape index (κ2) is 6.16. The molecule has 2 aromatic rings. The lowest BCUT2D eigenvalue weighted by Gasteiger charge is -2.05. The molecule has 0 fully saturated rings. The Morgan fingerprint density at radius 2 is 2.39 bits per heavy atom. The van der Waals surface area contributed by atoms with Crippen molar-refractivity contribution in [1.82, 2.24) is 19.9 Å². The van der Waals surface area contributed by atoms with E-state index in [4.69, 9.17) is 0 Å². The molecule has 0 radical (unpaired) electrons. The molecule has 5 heteroatoms. The molecule has 18 heavy (non-hydrogen) atoms. The number of pyridine rings is 1. The molecular formula is C13H18N4O. The van der Waals surface area contributed by atoms with E-state index in [1.54, 1.807) is 12.3 Å². The molecule has 0 spiro atoms. The van der Waals surface area contributed by atoms with Crippen molar-refractivity contribution >= 4 is 0 Å². The number of nitrogens with zero attached hydrogens (tertiary/aromatic N) is 2. The number of hydrogen-bond donors (Lipinski definition) is 2. The van der Waals surface area contributed by atoms with Crippen LogP contribution in [0.1, 0.15) is 17.7 Å². The van der Waals surface area contributed by atoms with Crippen molar-refractivity contribution in [1.29, 1.82) is 0 Å². The van der Waals surface area contributed by atoms with Gasteiger partial charge >= 0.3 is 0 Å². The lowest BCUT2D eigenvalue weighted by molar-refractivity contribution is 0.580. The first-order valence-corrected chi connectivity index (χ1v) is 6.11. The van der Waals surface area contributed by atoms with Crippen LogP contribution in [0.25, 0.3) is 0 Å². The molecule has 0 aliphatic rings. The van der Waals surface area contributed by atoms with E-state index in [1.807, 2.05) is 25.5 Å². The molecule has 2 heterocycles. The molecule has 0 atom stereocenters. The zero-order valence-corrected chi connectivity index (χ0v) is 10.5. The van der Waals surface area contributed by atoms with Gasteiger partial charge in [-0.1, -0.05) is 0 Å². The summed E-state index contributed by atoms with van der Waals surface area (Å²) in [6.45, 7) is 4.60. The number of hydrogen-bond acceptors (Lipinski definition) is 3. The molecule has 2 N–H and O–H groups in total. The number of nitrogens with one attached hydrogen (secondary N) is 2. The van der Waals surface area contributed by atoms with E-state index >= 15 is 0 Å². The first kappa shape index (κ1) is 12.6. The van der Waals surface area contributed by atoms with Crippen molar-refractivity contribution < 1.29 is 0 Å². The summed E-state index contributed by atoms with van der Waals surface area (Å²) in [7, 11) is 0. The number of imidazole rings is 1. The Hall–Kier alpha value is -1.88. The van der Waals surface area contributed by atoms with Gasteiger partial charge in [-0.25, -0.2) is 4.98 Å². The van der Waals surface area contributed by atoms with Crippen molar-refractivity contribution in [2.75, 3.05) is 6.54 Å². The normalized spacial score (nSPS) is 10.7. The van der Waals surface area contributed by atoms with Crippen LogP contribution in [0.4, 0.5) is 0 Å². The summed E-state index contributed by atoms with van der Waals surface area (Å²) in [5.41, 5.74) is 2.01. The lowest BCUT2D eigenvalue weighted by Crippen LogP contribution is -2.17. The van der Waals surface area contributed by atoms with E-state index in [2.05, 4.69) is 19.9 Å². The second-order valence-corrected chi connectivity index (χ2v) is 4.34. The zero-order chi connectivity index (χ0) is 12.8. The van der Waals surface area contributed by atoms with Gasteiger partial charge in [0.25, 0.3) is 0 Å². The molecule has 0 bridgehead atoms. The van der Waals surface area contributed by atoms with E-state index in [1.165, 1.54) is 0 Å². The summed E-state index contributed by atoms with van der Waals surface area (Å²) in [5.74, 6) is 0. The number of H-pyrrole nitrogens is 1. The van der Waals surface area contributed by atoms with Crippen LogP contribution in [0, 0.1) is 6.92 Å². The first-order valence-electron chi connectivity index (χ1n) is 6.11. The van der Waals surface area contributed by atoms with Gasteiger partial charge in [-0.15, -0.1) is 0 Å². The molecule has 2 aromatic heterocycles. The van der Waals surface area contributed by atoms with Crippen LogP contribution < -0.4 is 10.9 Å². The van der Waals surface area contributed by atoms with Gasteiger partial charge in [0.15, 0.2) is 0 Å². The Balaban J connectivity index is 1.66. The largest absolute Gasteiger partial charge is 0.337 e. The lowest BCUT2D eigenvalue weighted by atomic mass is 10.2. The third-order valence-electron chi connectivity index (χ3n) is 2.70. The summed E-state index contributed by atoms with van der Waals surface area (Å²) >= 11 is 0. The maximum absolute atomic E-state index is 11.1. The highest BCUT2D eigenvalue weighted by Gasteiger charge is 1.95. The number of rotatable bonds is 6. The van der Waals surface area contributed by atoms with Crippen LogP contribution >= 0.6 is 0 Å². The minimum Gasteiger partial charge on any atom is -0.337 e. The van der Waals surface area contributed by atoms with Gasteiger partial charge in [0.2, 0.25) is 5.56 Å². The maximum atomic E-state index is 11.1. The number of aryl methyl sites for hydroxylation is 2. The second-order valence-electron chi connectivity index (χ2n) is 4.34. The van der Waals surface area contributed by atoms with E-state index in [-0.39, 0.29) is 5.56 Å². The predicted molar refractivity (Wildman–Crippen MR) is 70.4 cm³/mol. The van der Waals surface area contributed by atoms with E-state index < -0.39 is 0 Å². The van der Waals surface area contributed by atoms with Gasteiger partial charge < -0.3 is 14.9 Å². The molecule has 0 amide bonds. The summed E-state index contributed by atoms with van der Waals surface area (Å²) in [5, 5.41) is 3.32. The molecule has 0 aliphatic carbocycles. The van der Waals surface area contributed by atoms with Crippen LogP contribution in [0.5, 0.6) is 0 Å². The number of aromatic amines is 1. The van der Waals surface area contributed by atoms with Gasteiger partial charge in [-0.05, 0) is 31.5 Å². The fourth-order valence-corrected chi connectivity index (χ4v) is 1.81. The highest BCUT2D eigenvalue weighted by atomic mass is 16.1. The van der Waals surface area contributed by atoms with Gasteiger partial charge in [-0.3, -0.25) is 4.79 Å². The predicted octanol–water partition coefficient (Wildman–Crippen LogP) is 1.06. The Bertz CT molecular complexity index is 544. The van der Waals surface area contributed by atoms with E-state index in [9.17, 15) is 4.79 Å².